The molecule has 4 rings (SSSR count). The van der Waals surface area contributed by atoms with Gasteiger partial charge in [-0.2, -0.15) is 0 Å². The molecule has 0 amide bonds. The Kier molecular flexibility index (Phi) is 7.71. The molecule has 5 N–H and O–H groups in total. The number of nitrogens with two attached hydrogens (primary N) is 1. The molecule has 9 heteroatoms. The summed E-state index contributed by atoms with van der Waals surface area (Å²) in [6.07, 6.45) is 3.90. The van der Waals surface area contributed by atoms with E-state index in [2.05, 4.69) is 25.9 Å². The molecule has 1 aliphatic heterocycles. The quantitative estimate of drug-likeness (QED) is 0.366. The first-order valence-corrected chi connectivity index (χ1v) is 11.7. The molecule has 168 valence electrons. The summed E-state index contributed by atoms with van der Waals surface area (Å²) in [5.41, 5.74) is 9.41. The fraction of sp³-hybridized carbons (Fsp3) is 0.304. The minimum Gasteiger partial charge on any atom is -0.381 e. The number of benzene rings is 2. The third kappa shape index (κ3) is 5.63. The lowest BCUT2D eigenvalue weighted by atomic mass is 10.1. The van der Waals surface area contributed by atoms with Crippen LogP contribution in [0.2, 0.25) is 15.1 Å². The van der Waals surface area contributed by atoms with Crippen molar-refractivity contribution in [1.29, 1.82) is 0 Å². The highest BCUT2D eigenvalue weighted by Gasteiger charge is 2.14. The number of nitrogen functional groups attached to an aromatic ring is 1. The van der Waals surface area contributed by atoms with Crippen LogP contribution in [0.3, 0.4) is 0 Å². The van der Waals surface area contributed by atoms with Crippen molar-refractivity contribution in [3.05, 3.63) is 68.8 Å². The molecule has 1 fully saturated rings. The Morgan fingerprint density at radius 2 is 1.75 bits per heavy atom. The predicted octanol–water partition coefficient (Wildman–Crippen LogP) is 5.14. The molecule has 2 aromatic carbocycles. The average Bonchev–Trinajstić information content (AvgIpc) is 2.79. The zero-order chi connectivity index (χ0) is 22.5. The molecule has 3 aromatic rings. The largest absolute Gasteiger partial charge is 0.381 e. The second kappa shape index (κ2) is 10.7. The van der Waals surface area contributed by atoms with Crippen LogP contribution in [0.4, 0.5) is 11.6 Å². The Bertz CT molecular complexity index is 1070. The zero-order valence-corrected chi connectivity index (χ0v) is 19.7. The summed E-state index contributed by atoms with van der Waals surface area (Å²) in [6.45, 7) is 3.23. The van der Waals surface area contributed by atoms with Gasteiger partial charge in [-0.25, -0.2) is 9.97 Å². The van der Waals surface area contributed by atoms with E-state index in [1.807, 2.05) is 18.2 Å². The highest BCUT2D eigenvalue weighted by atomic mass is 35.5. The van der Waals surface area contributed by atoms with Crippen LogP contribution in [-0.2, 0) is 13.1 Å². The van der Waals surface area contributed by atoms with Gasteiger partial charge in [0.25, 0.3) is 0 Å². The van der Waals surface area contributed by atoms with E-state index >= 15 is 0 Å². The van der Waals surface area contributed by atoms with Gasteiger partial charge in [0.15, 0.2) is 11.6 Å². The van der Waals surface area contributed by atoms with Crippen LogP contribution < -0.4 is 21.7 Å². The smallest absolute Gasteiger partial charge is 0.169 e. The van der Waals surface area contributed by atoms with E-state index in [-0.39, 0.29) is 0 Å². The maximum absolute atomic E-state index is 6.57. The monoisotopic (exact) mass is 490 g/mol. The highest BCUT2D eigenvalue weighted by molar-refractivity contribution is 6.36. The van der Waals surface area contributed by atoms with Crippen molar-refractivity contribution in [1.82, 2.24) is 20.6 Å². The molecule has 0 bridgehead atoms. The molecule has 32 heavy (non-hydrogen) atoms. The van der Waals surface area contributed by atoms with Crippen molar-refractivity contribution < 1.29 is 0 Å². The topological polar surface area (TPSA) is 87.9 Å². The maximum Gasteiger partial charge on any atom is 0.169 e. The fourth-order valence-electron chi connectivity index (χ4n) is 3.67. The molecule has 0 atom stereocenters. The molecule has 0 saturated carbocycles. The number of hydrogen-bond acceptors (Lipinski definition) is 6. The standard InChI is InChI=1S/C23H25Cl3N6/c24-18-2-1-3-19(25)17(18)12-31-23-22(27)30-13-21(32-23)14-4-5-15(20(26)10-14)11-29-16-6-8-28-9-7-16/h1-5,10,13,16,28-29H,6-9,11-12H2,(H2,27,30)(H,31,32). The molecule has 0 aliphatic carbocycles. The van der Waals surface area contributed by atoms with Gasteiger partial charge in [0.2, 0.25) is 0 Å². The molecule has 1 saturated heterocycles. The maximum atomic E-state index is 6.57. The van der Waals surface area contributed by atoms with E-state index in [0.29, 0.717) is 45.0 Å². The number of piperidine rings is 1. The number of nitrogens with zero attached hydrogens (tertiary/aromatic N) is 2. The van der Waals surface area contributed by atoms with Gasteiger partial charge in [-0.1, -0.05) is 53.0 Å². The molecule has 1 aliphatic rings. The summed E-state index contributed by atoms with van der Waals surface area (Å²) >= 11 is 19.1. The first-order valence-electron chi connectivity index (χ1n) is 10.5. The van der Waals surface area contributed by atoms with Crippen molar-refractivity contribution in [3.8, 4) is 11.3 Å². The van der Waals surface area contributed by atoms with Crippen molar-refractivity contribution in [3.63, 3.8) is 0 Å². The fourth-order valence-corrected chi connectivity index (χ4v) is 4.45. The first kappa shape index (κ1) is 23.1. The summed E-state index contributed by atoms with van der Waals surface area (Å²) in [7, 11) is 0. The van der Waals surface area contributed by atoms with E-state index in [1.54, 1.807) is 24.4 Å². The van der Waals surface area contributed by atoms with E-state index in [0.717, 1.165) is 49.2 Å². The first-order chi connectivity index (χ1) is 15.5. The van der Waals surface area contributed by atoms with Gasteiger partial charge in [-0.15, -0.1) is 0 Å². The molecule has 2 heterocycles. The van der Waals surface area contributed by atoms with Crippen LogP contribution in [0, 0.1) is 0 Å². The Morgan fingerprint density at radius 3 is 2.47 bits per heavy atom. The number of halogens is 3. The lowest BCUT2D eigenvalue weighted by molar-refractivity contribution is 0.386. The third-order valence-corrected chi connectivity index (χ3v) is 6.62. The summed E-state index contributed by atoms with van der Waals surface area (Å²) in [4.78, 5) is 8.93. The minimum atomic E-state index is 0.297. The van der Waals surface area contributed by atoms with Gasteiger partial charge >= 0.3 is 0 Å². The van der Waals surface area contributed by atoms with E-state index < -0.39 is 0 Å². The van der Waals surface area contributed by atoms with Crippen molar-refractivity contribution in [2.24, 2.45) is 0 Å². The number of nitrogens with one attached hydrogen (secondary N) is 3. The highest BCUT2D eigenvalue weighted by Crippen LogP contribution is 2.28. The normalized spacial score (nSPS) is 14.5. The van der Waals surface area contributed by atoms with Crippen molar-refractivity contribution >= 4 is 46.4 Å². The molecule has 0 radical (unpaired) electrons. The number of aromatic nitrogens is 2. The van der Waals surface area contributed by atoms with Crippen molar-refractivity contribution in [2.45, 2.75) is 32.0 Å². The van der Waals surface area contributed by atoms with Gasteiger partial charge < -0.3 is 21.7 Å². The molecule has 6 nitrogen and oxygen atoms in total. The van der Waals surface area contributed by atoms with Gasteiger partial charge in [0.1, 0.15) is 0 Å². The van der Waals surface area contributed by atoms with Gasteiger partial charge in [0, 0.05) is 45.3 Å². The summed E-state index contributed by atoms with van der Waals surface area (Å²) in [5, 5.41) is 12.0. The van der Waals surface area contributed by atoms with E-state index in [1.165, 1.54) is 0 Å². The van der Waals surface area contributed by atoms with Crippen LogP contribution in [0.25, 0.3) is 11.3 Å². The van der Waals surface area contributed by atoms with Crippen LogP contribution in [0.1, 0.15) is 24.0 Å². The molecule has 0 spiro atoms. The zero-order valence-electron chi connectivity index (χ0n) is 17.5. The number of rotatable bonds is 7. The third-order valence-electron chi connectivity index (χ3n) is 5.56. The molecule has 1 aromatic heterocycles. The van der Waals surface area contributed by atoms with Gasteiger partial charge in [-0.05, 0) is 49.7 Å². The van der Waals surface area contributed by atoms with Gasteiger partial charge in [-0.3, -0.25) is 0 Å². The predicted molar refractivity (Wildman–Crippen MR) is 133 cm³/mol. The van der Waals surface area contributed by atoms with Crippen LogP contribution in [0.15, 0.2) is 42.6 Å². The summed E-state index contributed by atoms with van der Waals surface area (Å²) in [5.74, 6) is 0.761. The number of hydrogen-bond donors (Lipinski definition) is 4. The van der Waals surface area contributed by atoms with E-state index in [9.17, 15) is 0 Å². The summed E-state index contributed by atoms with van der Waals surface area (Å²) in [6, 6.07) is 11.9. The minimum absolute atomic E-state index is 0.297. The second-order valence-corrected chi connectivity index (χ2v) is 8.98. The number of anilines is 2. The van der Waals surface area contributed by atoms with Crippen LogP contribution in [0.5, 0.6) is 0 Å². The SMILES string of the molecule is Nc1ncc(-c2ccc(CNC3CCNCC3)c(Cl)c2)nc1NCc1c(Cl)cccc1Cl. The van der Waals surface area contributed by atoms with Crippen LogP contribution in [-0.4, -0.2) is 29.1 Å². The Hall–Kier alpha value is -2.09. The lowest BCUT2D eigenvalue weighted by Gasteiger charge is -2.24. The van der Waals surface area contributed by atoms with E-state index in [4.69, 9.17) is 40.5 Å². The molecule has 0 unspecified atom stereocenters. The second-order valence-electron chi connectivity index (χ2n) is 7.75. The van der Waals surface area contributed by atoms with Gasteiger partial charge in [0.05, 0.1) is 11.9 Å². The Morgan fingerprint density at radius 1 is 1.00 bits per heavy atom. The Labute approximate surface area is 202 Å². The van der Waals surface area contributed by atoms with Crippen molar-refractivity contribution in [2.75, 3.05) is 24.1 Å². The lowest BCUT2D eigenvalue weighted by Crippen LogP contribution is -2.39. The molecular formula is C23H25Cl3N6. The average molecular weight is 492 g/mol. The van der Waals surface area contributed by atoms with Crippen LogP contribution >= 0.6 is 34.8 Å². The molecular weight excluding hydrogens is 467 g/mol. The summed E-state index contributed by atoms with van der Waals surface area (Å²) < 4.78 is 0. The Balaban J connectivity index is 1.47.